The Hall–Kier alpha value is -2.80. The van der Waals surface area contributed by atoms with Crippen LogP contribution in [0.5, 0.6) is 0 Å². The molecule has 0 aliphatic carbocycles. The number of nitro benzene ring substituents is 2. The first kappa shape index (κ1) is 15.6. The van der Waals surface area contributed by atoms with E-state index in [4.69, 9.17) is 11.6 Å². The number of carbonyl (C=O) groups excluding carboxylic acids is 1. The summed E-state index contributed by atoms with van der Waals surface area (Å²) in [7, 11) is 0. The zero-order valence-electron chi connectivity index (χ0n) is 11.1. The summed E-state index contributed by atoms with van der Waals surface area (Å²) >= 11 is 5.48. The zero-order valence-corrected chi connectivity index (χ0v) is 11.8. The summed E-state index contributed by atoms with van der Waals surface area (Å²) in [6.07, 6.45) is 0.0724. The number of halogens is 1. The number of hydrogen-bond acceptors (Lipinski definition) is 5. The Morgan fingerprint density at radius 3 is 2.27 bits per heavy atom. The van der Waals surface area contributed by atoms with Crippen molar-refractivity contribution in [2.24, 2.45) is 0 Å². The molecule has 0 N–H and O–H groups in total. The van der Waals surface area contributed by atoms with Crippen molar-refractivity contribution in [3.05, 3.63) is 79.4 Å². The van der Waals surface area contributed by atoms with Crippen LogP contribution in [0.2, 0.25) is 0 Å². The molecule has 0 saturated carbocycles. The SMILES string of the molecule is O=C(Cl)c1ccccc1Cc1ccc([N+](=O)[O-])cc1[N+](=O)[O-]. The van der Waals surface area contributed by atoms with Crippen molar-refractivity contribution in [3.63, 3.8) is 0 Å². The summed E-state index contributed by atoms with van der Waals surface area (Å²) < 4.78 is 0. The monoisotopic (exact) mass is 320 g/mol. The minimum absolute atomic E-state index is 0.0724. The lowest BCUT2D eigenvalue weighted by Crippen LogP contribution is -2.02. The largest absolute Gasteiger partial charge is 0.279 e. The number of hydrogen-bond donors (Lipinski definition) is 0. The van der Waals surface area contributed by atoms with Crippen molar-refractivity contribution in [2.45, 2.75) is 6.42 Å². The standard InChI is InChI=1S/C14H9ClN2O5/c15-14(18)12-4-2-1-3-9(12)7-10-5-6-11(16(19)20)8-13(10)17(21)22/h1-6,8H,7H2. The summed E-state index contributed by atoms with van der Waals surface area (Å²) in [5.74, 6) is 0. The highest BCUT2D eigenvalue weighted by atomic mass is 35.5. The number of non-ortho nitro benzene ring substituents is 1. The molecule has 22 heavy (non-hydrogen) atoms. The van der Waals surface area contributed by atoms with E-state index in [0.717, 1.165) is 6.07 Å². The van der Waals surface area contributed by atoms with E-state index in [9.17, 15) is 25.0 Å². The predicted molar refractivity (Wildman–Crippen MR) is 79.2 cm³/mol. The first-order valence-corrected chi connectivity index (χ1v) is 6.47. The number of carbonyl (C=O) groups is 1. The molecule has 0 fully saturated rings. The van der Waals surface area contributed by atoms with Crippen molar-refractivity contribution in [1.82, 2.24) is 0 Å². The molecule has 0 radical (unpaired) electrons. The molecule has 2 rings (SSSR count). The van der Waals surface area contributed by atoms with Gasteiger partial charge in [0.25, 0.3) is 16.6 Å². The second-order valence-corrected chi connectivity index (χ2v) is 4.78. The summed E-state index contributed by atoms with van der Waals surface area (Å²) in [4.78, 5) is 31.8. The molecule has 0 atom stereocenters. The summed E-state index contributed by atoms with van der Waals surface area (Å²) in [5.41, 5.74) is 0.292. The first-order valence-electron chi connectivity index (χ1n) is 6.09. The van der Waals surface area contributed by atoms with Crippen LogP contribution in [0.15, 0.2) is 42.5 Å². The first-order chi connectivity index (χ1) is 10.4. The molecule has 7 nitrogen and oxygen atoms in total. The van der Waals surface area contributed by atoms with E-state index >= 15 is 0 Å². The topological polar surface area (TPSA) is 103 Å². The van der Waals surface area contributed by atoms with Crippen LogP contribution >= 0.6 is 11.6 Å². The van der Waals surface area contributed by atoms with Gasteiger partial charge in [0.2, 0.25) is 0 Å². The quantitative estimate of drug-likeness (QED) is 0.476. The third-order valence-corrected chi connectivity index (χ3v) is 3.29. The van der Waals surface area contributed by atoms with E-state index in [1.54, 1.807) is 18.2 Å². The molecular weight excluding hydrogens is 312 g/mol. The van der Waals surface area contributed by atoms with E-state index in [0.29, 0.717) is 5.56 Å². The fourth-order valence-corrected chi connectivity index (χ4v) is 2.24. The molecule has 0 spiro atoms. The van der Waals surface area contributed by atoms with Gasteiger partial charge in [0.05, 0.1) is 15.9 Å². The maximum absolute atomic E-state index is 11.4. The average Bonchev–Trinajstić information content (AvgIpc) is 2.47. The molecule has 112 valence electrons. The van der Waals surface area contributed by atoms with Gasteiger partial charge in [-0.3, -0.25) is 25.0 Å². The molecule has 0 bridgehead atoms. The van der Waals surface area contributed by atoms with Gasteiger partial charge < -0.3 is 0 Å². The minimum Gasteiger partial charge on any atom is -0.276 e. The van der Waals surface area contributed by atoms with E-state index in [-0.39, 0.29) is 28.9 Å². The molecule has 0 amide bonds. The van der Waals surface area contributed by atoms with Gasteiger partial charge in [-0.05, 0) is 29.3 Å². The Labute approximate surface area is 129 Å². The summed E-state index contributed by atoms with van der Waals surface area (Å²) in [6, 6.07) is 9.85. The highest BCUT2D eigenvalue weighted by Gasteiger charge is 2.20. The van der Waals surface area contributed by atoms with Crippen LogP contribution < -0.4 is 0 Å². The molecule has 2 aromatic carbocycles. The smallest absolute Gasteiger partial charge is 0.276 e. The normalized spacial score (nSPS) is 10.2. The Morgan fingerprint density at radius 1 is 1.00 bits per heavy atom. The van der Waals surface area contributed by atoms with Crippen molar-refractivity contribution in [2.75, 3.05) is 0 Å². The van der Waals surface area contributed by atoms with Gasteiger partial charge >= 0.3 is 0 Å². The molecule has 2 aromatic rings. The van der Waals surface area contributed by atoms with E-state index in [1.807, 2.05) is 0 Å². The lowest BCUT2D eigenvalue weighted by Gasteiger charge is -2.06. The highest BCUT2D eigenvalue weighted by Crippen LogP contribution is 2.27. The molecule has 0 unspecified atom stereocenters. The maximum atomic E-state index is 11.4. The van der Waals surface area contributed by atoms with E-state index in [1.165, 1.54) is 18.2 Å². The third-order valence-electron chi connectivity index (χ3n) is 3.09. The van der Waals surface area contributed by atoms with Crippen LogP contribution in [0.1, 0.15) is 21.5 Å². The van der Waals surface area contributed by atoms with Crippen LogP contribution in [0.4, 0.5) is 11.4 Å². The fraction of sp³-hybridized carbons (Fsp3) is 0.0714. The van der Waals surface area contributed by atoms with Gasteiger partial charge in [0.1, 0.15) is 0 Å². The number of nitrogens with zero attached hydrogens (tertiary/aromatic N) is 2. The Kier molecular flexibility index (Phi) is 4.47. The molecule has 0 aliphatic heterocycles. The van der Waals surface area contributed by atoms with Crippen molar-refractivity contribution in [3.8, 4) is 0 Å². The zero-order chi connectivity index (χ0) is 16.3. The Bertz CT molecular complexity index is 776. The molecular formula is C14H9ClN2O5. The number of rotatable bonds is 5. The highest BCUT2D eigenvalue weighted by molar-refractivity contribution is 6.67. The van der Waals surface area contributed by atoms with Crippen molar-refractivity contribution >= 4 is 28.2 Å². The number of benzene rings is 2. The van der Waals surface area contributed by atoms with Crippen molar-refractivity contribution < 1.29 is 14.6 Å². The average molecular weight is 321 g/mol. The van der Waals surface area contributed by atoms with Crippen LogP contribution in [0, 0.1) is 20.2 Å². The minimum atomic E-state index is -0.701. The Balaban J connectivity index is 2.48. The van der Waals surface area contributed by atoms with Gasteiger partial charge in [-0.15, -0.1) is 0 Å². The lowest BCUT2D eigenvalue weighted by atomic mass is 9.99. The van der Waals surface area contributed by atoms with Crippen LogP contribution in [0.25, 0.3) is 0 Å². The molecule has 0 aromatic heterocycles. The second kappa shape index (κ2) is 6.31. The van der Waals surface area contributed by atoms with Gasteiger partial charge in [-0.1, -0.05) is 18.2 Å². The van der Waals surface area contributed by atoms with Crippen molar-refractivity contribution in [1.29, 1.82) is 0 Å². The second-order valence-electron chi connectivity index (χ2n) is 4.43. The van der Waals surface area contributed by atoms with E-state index < -0.39 is 15.1 Å². The third kappa shape index (κ3) is 3.26. The van der Waals surface area contributed by atoms with Gasteiger partial charge in [0.15, 0.2) is 0 Å². The van der Waals surface area contributed by atoms with Crippen LogP contribution in [-0.4, -0.2) is 15.1 Å². The molecule has 0 aliphatic rings. The molecule has 8 heteroatoms. The summed E-state index contributed by atoms with van der Waals surface area (Å²) in [6.45, 7) is 0. The van der Waals surface area contributed by atoms with Crippen LogP contribution in [-0.2, 0) is 6.42 Å². The maximum Gasteiger partial charge on any atom is 0.279 e. The fourth-order valence-electron chi connectivity index (χ4n) is 2.06. The Morgan fingerprint density at radius 2 is 1.68 bits per heavy atom. The molecule has 0 saturated heterocycles. The lowest BCUT2D eigenvalue weighted by molar-refractivity contribution is -0.394. The predicted octanol–water partition coefficient (Wildman–Crippen LogP) is 3.47. The van der Waals surface area contributed by atoms with E-state index in [2.05, 4.69) is 0 Å². The number of nitro groups is 2. The van der Waals surface area contributed by atoms with Gasteiger partial charge in [-0.25, -0.2) is 0 Å². The van der Waals surface area contributed by atoms with Gasteiger partial charge in [0, 0.05) is 23.6 Å². The summed E-state index contributed by atoms with van der Waals surface area (Å²) in [5, 5.41) is 21.1. The van der Waals surface area contributed by atoms with Crippen LogP contribution in [0.3, 0.4) is 0 Å². The van der Waals surface area contributed by atoms with Gasteiger partial charge in [-0.2, -0.15) is 0 Å². The molecule has 0 heterocycles.